The molecule has 1 atom stereocenters. The molecule has 0 saturated heterocycles. The third-order valence-electron chi connectivity index (χ3n) is 3.84. The second-order valence-electron chi connectivity index (χ2n) is 6.16. The molecule has 3 N–H and O–H groups in total. The van der Waals surface area contributed by atoms with Crippen molar-refractivity contribution in [1.29, 1.82) is 0 Å². The highest BCUT2D eigenvalue weighted by molar-refractivity contribution is 5.40. The lowest BCUT2D eigenvalue weighted by molar-refractivity contribution is 0.197. The number of aromatic hydroxyl groups is 2. The molecule has 1 aromatic carbocycles. The lowest BCUT2D eigenvalue weighted by atomic mass is 9.75. The van der Waals surface area contributed by atoms with Crippen LogP contribution in [-0.2, 0) is 6.54 Å². The zero-order chi connectivity index (χ0) is 13.2. The first-order valence-electron chi connectivity index (χ1n) is 6.70. The SMILES string of the molecule is CC1(C)CCCC(NCc2ccc(O)c(O)c2)C1. The van der Waals surface area contributed by atoms with E-state index in [2.05, 4.69) is 19.2 Å². The Morgan fingerprint density at radius 2 is 2.06 bits per heavy atom. The predicted octanol–water partition coefficient (Wildman–Crippen LogP) is 3.16. The van der Waals surface area contributed by atoms with Crippen LogP contribution in [0.4, 0.5) is 0 Å². The van der Waals surface area contributed by atoms with Gasteiger partial charge in [-0.15, -0.1) is 0 Å². The molecule has 0 radical (unpaired) electrons. The van der Waals surface area contributed by atoms with Crippen molar-refractivity contribution in [3.05, 3.63) is 23.8 Å². The van der Waals surface area contributed by atoms with E-state index < -0.39 is 0 Å². The number of benzene rings is 1. The normalized spacial score (nSPS) is 22.9. The molecule has 100 valence electrons. The molecule has 0 aromatic heterocycles. The molecule has 1 saturated carbocycles. The van der Waals surface area contributed by atoms with Gasteiger partial charge < -0.3 is 15.5 Å². The fourth-order valence-corrected chi connectivity index (χ4v) is 2.81. The van der Waals surface area contributed by atoms with E-state index in [4.69, 9.17) is 0 Å². The summed E-state index contributed by atoms with van der Waals surface area (Å²) >= 11 is 0. The van der Waals surface area contributed by atoms with E-state index in [1.54, 1.807) is 6.07 Å². The molecule has 3 nitrogen and oxygen atoms in total. The van der Waals surface area contributed by atoms with Gasteiger partial charge in [0.15, 0.2) is 11.5 Å². The summed E-state index contributed by atoms with van der Waals surface area (Å²) in [5, 5.41) is 22.2. The highest BCUT2D eigenvalue weighted by atomic mass is 16.3. The average molecular weight is 249 g/mol. The third-order valence-corrected chi connectivity index (χ3v) is 3.84. The van der Waals surface area contributed by atoms with Crippen molar-refractivity contribution in [2.45, 2.75) is 52.1 Å². The molecular weight excluding hydrogens is 226 g/mol. The molecule has 3 heteroatoms. The molecule has 0 spiro atoms. The standard InChI is InChI=1S/C15H23NO2/c1-15(2)7-3-4-12(9-15)16-10-11-5-6-13(17)14(18)8-11/h5-6,8,12,16-18H,3-4,7,9-10H2,1-2H3. The lowest BCUT2D eigenvalue weighted by Gasteiger charge is -2.35. The van der Waals surface area contributed by atoms with E-state index in [1.165, 1.54) is 31.7 Å². The predicted molar refractivity (Wildman–Crippen MR) is 72.6 cm³/mol. The van der Waals surface area contributed by atoms with Crippen LogP contribution in [0.15, 0.2) is 18.2 Å². The van der Waals surface area contributed by atoms with E-state index >= 15 is 0 Å². The molecule has 1 aliphatic carbocycles. The maximum absolute atomic E-state index is 9.44. The van der Waals surface area contributed by atoms with Gasteiger partial charge >= 0.3 is 0 Å². The summed E-state index contributed by atoms with van der Waals surface area (Å²) in [6.07, 6.45) is 5.03. The molecule has 18 heavy (non-hydrogen) atoms. The van der Waals surface area contributed by atoms with Crippen LogP contribution in [0.3, 0.4) is 0 Å². The van der Waals surface area contributed by atoms with Crippen LogP contribution in [0.25, 0.3) is 0 Å². The Bertz CT molecular complexity index is 415. The van der Waals surface area contributed by atoms with Crippen LogP contribution >= 0.6 is 0 Å². The van der Waals surface area contributed by atoms with Crippen molar-refractivity contribution in [2.75, 3.05) is 0 Å². The van der Waals surface area contributed by atoms with Gasteiger partial charge in [-0.2, -0.15) is 0 Å². The Labute approximate surface area is 109 Å². The molecular formula is C15H23NO2. The van der Waals surface area contributed by atoms with Gasteiger partial charge in [-0.25, -0.2) is 0 Å². The van der Waals surface area contributed by atoms with Gasteiger partial charge in [0, 0.05) is 12.6 Å². The van der Waals surface area contributed by atoms with Crippen LogP contribution in [0.2, 0.25) is 0 Å². The van der Waals surface area contributed by atoms with Gasteiger partial charge in [0.2, 0.25) is 0 Å². The molecule has 0 amide bonds. The number of phenolic OH excluding ortho intramolecular Hbond substituents is 2. The van der Waals surface area contributed by atoms with Crippen LogP contribution in [0, 0.1) is 5.41 Å². The van der Waals surface area contributed by atoms with Crippen LogP contribution in [0.5, 0.6) is 11.5 Å². The summed E-state index contributed by atoms with van der Waals surface area (Å²) in [6.45, 7) is 5.40. The van der Waals surface area contributed by atoms with Gasteiger partial charge in [0.25, 0.3) is 0 Å². The number of phenols is 2. The maximum atomic E-state index is 9.44. The largest absolute Gasteiger partial charge is 0.504 e. The Hall–Kier alpha value is -1.22. The molecule has 2 rings (SSSR count). The first kappa shape index (κ1) is 13.2. The first-order chi connectivity index (χ1) is 8.46. The zero-order valence-electron chi connectivity index (χ0n) is 11.2. The number of hydrogen-bond acceptors (Lipinski definition) is 3. The van der Waals surface area contributed by atoms with Crippen LogP contribution < -0.4 is 5.32 Å². The molecule has 1 fully saturated rings. The fourth-order valence-electron chi connectivity index (χ4n) is 2.81. The minimum Gasteiger partial charge on any atom is -0.504 e. The van der Waals surface area contributed by atoms with Crippen molar-refractivity contribution in [1.82, 2.24) is 5.32 Å². The lowest BCUT2D eigenvalue weighted by Crippen LogP contribution is -2.36. The highest BCUT2D eigenvalue weighted by Gasteiger charge is 2.27. The average Bonchev–Trinajstić information content (AvgIpc) is 2.29. The van der Waals surface area contributed by atoms with E-state index in [0.29, 0.717) is 11.5 Å². The molecule has 1 aromatic rings. The highest BCUT2D eigenvalue weighted by Crippen LogP contribution is 2.35. The van der Waals surface area contributed by atoms with Gasteiger partial charge in [-0.05, 0) is 42.4 Å². The smallest absolute Gasteiger partial charge is 0.157 e. The van der Waals surface area contributed by atoms with Gasteiger partial charge in [0.05, 0.1) is 0 Å². The second kappa shape index (κ2) is 5.19. The fraction of sp³-hybridized carbons (Fsp3) is 0.600. The van der Waals surface area contributed by atoms with Gasteiger partial charge in [-0.3, -0.25) is 0 Å². The summed E-state index contributed by atoms with van der Waals surface area (Å²) in [5.41, 5.74) is 1.45. The zero-order valence-corrected chi connectivity index (χ0v) is 11.2. The van der Waals surface area contributed by atoms with E-state index in [9.17, 15) is 10.2 Å². The Kier molecular flexibility index (Phi) is 3.81. The summed E-state index contributed by atoms with van der Waals surface area (Å²) in [7, 11) is 0. The Balaban J connectivity index is 1.89. The molecule has 1 unspecified atom stereocenters. The van der Waals surface area contributed by atoms with Crippen molar-refractivity contribution in [3.63, 3.8) is 0 Å². The molecule has 1 aliphatic rings. The maximum Gasteiger partial charge on any atom is 0.157 e. The second-order valence-corrected chi connectivity index (χ2v) is 6.16. The summed E-state index contributed by atoms with van der Waals surface area (Å²) in [5.74, 6) is -0.101. The minimum absolute atomic E-state index is 0.0433. The van der Waals surface area contributed by atoms with Gasteiger partial charge in [-0.1, -0.05) is 26.3 Å². The quantitative estimate of drug-likeness (QED) is 0.721. The Morgan fingerprint density at radius 1 is 1.28 bits per heavy atom. The van der Waals surface area contributed by atoms with Crippen molar-refractivity contribution in [2.24, 2.45) is 5.41 Å². The summed E-state index contributed by atoms with van der Waals surface area (Å²) in [6, 6.07) is 5.56. The van der Waals surface area contributed by atoms with Crippen molar-refractivity contribution in [3.8, 4) is 11.5 Å². The molecule has 0 aliphatic heterocycles. The van der Waals surface area contributed by atoms with E-state index in [0.717, 1.165) is 12.1 Å². The summed E-state index contributed by atoms with van der Waals surface area (Å²) < 4.78 is 0. The minimum atomic E-state index is -0.0578. The summed E-state index contributed by atoms with van der Waals surface area (Å²) in [4.78, 5) is 0. The monoisotopic (exact) mass is 249 g/mol. The van der Waals surface area contributed by atoms with Gasteiger partial charge in [0.1, 0.15) is 0 Å². The Morgan fingerprint density at radius 3 is 2.72 bits per heavy atom. The number of rotatable bonds is 3. The third kappa shape index (κ3) is 3.39. The van der Waals surface area contributed by atoms with E-state index in [1.807, 2.05) is 6.07 Å². The van der Waals surface area contributed by atoms with Crippen molar-refractivity contribution >= 4 is 0 Å². The molecule has 0 heterocycles. The van der Waals surface area contributed by atoms with E-state index in [-0.39, 0.29) is 11.5 Å². The van der Waals surface area contributed by atoms with Crippen LogP contribution in [0.1, 0.15) is 45.1 Å². The number of nitrogens with one attached hydrogen (secondary N) is 1. The van der Waals surface area contributed by atoms with Crippen LogP contribution in [-0.4, -0.2) is 16.3 Å². The first-order valence-corrected chi connectivity index (χ1v) is 6.70. The van der Waals surface area contributed by atoms with Crippen molar-refractivity contribution < 1.29 is 10.2 Å². The molecule has 0 bridgehead atoms. The number of hydrogen-bond donors (Lipinski definition) is 3. The topological polar surface area (TPSA) is 52.5 Å².